The molecule has 0 spiro atoms. The molecule has 6 heteroatoms. The minimum Gasteiger partial charge on any atom is -0.378 e. The van der Waals surface area contributed by atoms with E-state index in [1.807, 2.05) is 17.0 Å². The van der Waals surface area contributed by atoms with E-state index in [1.165, 1.54) is 0 Å². The summed E-state index contributed by atoms with van der Waals surface area (Å²) in [6, 6.07) is 5.66. The maximum Gasteiger partial charge on any atom is 0.227 e. The van der Waals surface area contributed by atoms with Crippen LogP contribution < -0.4 is 4.90 Å². The van der Waals surface area contributed by atoms with Crippen LogP contribution in [-0.4, -0.2) is 55.2 Å². The number of rotatable bonds is 2. The lowest BCUT2D eigenvalue weighted by Gasteiger charge is -2.37. The molecule has 1 atom stereocenters. The normalized spacial score (nSPS) is 22.2. The highest BCUT2D eigenvalue weighted by Gasteiger charge is 2.30. The minimum atomic E-state index is 0.0440. The summed E-state index contributed by atoms with van der Waals surface area (Å²) in [5.41, 5.74) is 1.40. The number of ether oxygens (including phenoxy) is 1. The summed E-state index contributed by atoms with van der Waals surface area (Å²) in [5, 5.41) is 8.81. The first-order chi connectivity index (χ1) is 10.8. The summed E-state index contributed by atoms with van der Waals surface area (Å²) >= 11 is 0. The third kappa shape index (κ3) is 3.20. The Labute approximate surface area is 130 Å². The average molecular weight is 300 g/mol. The van der Waals surface area contributed by atoms with Gasteiger partial charge in [0.25, 0.3) is 0 Å². The van der Waals surface area contributed by atoms with Gasteiger partial charge < -0.3 is 14.5 Å². The van der Waals surface area contributed by atoms with Gasteiger partial charge in [-0.1, -0.05) is 0 Å². The van der Waals surface area contributed by atoms with Crippen molar-refractivity contribution in [2.45, 2.75) is 12.8 Å². The fourth-order valence-corrected chi connectivity index (χ4v) is 3.09. The largest absolute Gasteiger partial charge is 0.378 e. The topological polar surface area (TPSA) is 69.5 Å². The molecule has 2 saturated heterocycles. The fraction of sp³-hybridized carbons (Fsp3) is 0.562. The summed E-state index contributed by atoms with van der Waals surface area (Å²) in [6.07, 6.45) is 3.66. The molecule has 1 unspecified atom stereocenters. The number of morpholine rings is 1. The highest BCUT2D eigenvalue weighted by molar-refractivity contribution is 5.80. The molecule has 22 heavy (non-hydrogen) atoms. The monoisotopic (exact) mass is 300 g/mol. The van der Waals surface area contributed by atoms with Gasteiger partial charge in [0.2, 0.25) is 5.91 Å². The number of hydrogen-bond acceptors (Lipinski definition) is 5. The second-order valence-corrected chi connectivity index (χ2v) is 5.74. The van der Waals surface area contributed by atoms with Crippen molar-refractivity contribution in [1.29, 1.82) is 5.26 Å². The Morgan fingerprint density at radius 1 is 1.32 bits per heavy atom. The molecule has 6 nitrogen and oxygen atoms in total. The van der Waals surface area contributed by atoms with Crippen molar-refractivity contribution in [3.8, 4) is 6.07 Å². The van der Waals surface area contributed by atoms with Gasteiger partial charge in [-0.15, -0.1) is 0 Å². The first-order valence-electron chi connectivity index (χ1n) is 7.75. The van der Waals surface area contributed by atoms with Gasteiger partial charge >= 0.3 is 0 Å². The van der Waals surface area contributed by atoms with E-state index in [0.29, 0.717) is 32.0 Å². The van der Waals surface area contributed by atoms with E-state index in [4.69, 9.17) is 10.00 Å². The van der Waals surface area contributed by atoms with Crippen molar-refractivity contribution < 1.29 is 9.53 Å². The molecule has 0 aliphatic carbocycles. The van der Waals surface area contributed by atoms with Gasteiger partial charge in [-0.3, -0.25) is 4.79 Å². The minimum absolute atomic E-state index is 0.0440. The molecule has 0 bridgehead atoms. The van der Waals surface area contributed by atoms with Crippen molar-refractivity contribution in [1.82, 2.24) is 9.88 Å². The summed E-state index contributed by atoms with van der Waals surface area (Å²) in [5.74, 6) is 0.289. The molecule has 3 heterocycles. The van der Waals surface area contributed by atoms with Crippen LogP contribution in [0.25, 0.3) is 0 Å². The molecule has 0 radical (unpaired) electrons. The highest BCUT2D eigenvalue weighted by Crippen LogP contribution is 2.24. The van der Waals surface area contributed by atoms with Crippen LogP contribution in [0, 0.1) is 17.2 Å². The van der Waals surface area contributed by atoms with Crippen molar-refractivity contribution in [2.75, 3.05) is 44.3 Å². The highest BCUT2D eigenvalue weighted by atomic mass is 16.5. The van der Waals surface area contributed by atoms with Crippen LogP contribution >= 0.6 is 0 Å². The van der Waals surface area contributed by atoms with Crippen molar-refractivity contribution in [3.05, 3.63) is 24.0 Å². The Kier molecular flexibility index (Phi) is 4.54. The van der Waals surface area contributed by atoms with E-state index >= 15 is 0 Å². The van der Waals surface area contributed by atoms with Gasteiger partial charge in [-0.05, 0) is 25.0 Å². The number of hydrogen-bond donors (Lipinski definition) is 0. The average Bonchev–Trinajstić information content (AvgIpc) is 2.62. The molecule has 0 saturated carbocycles. The predicted molar refractivity (Wildman–Crippen MR) is 81.3 cm³/mol. The van der Waals surface area contributed by atoms with E-state index in [2.05, 4.69) is 9.88 Å². The third-order valence-corrected chi connectivity index (χ3v) is 4.32. The number of piperidine rings is 1. The lowest BCUT2D eigenvalue weighted by atomic mass is 9.96. The fourth-order valence-electron chi connectivity index (χ4n) is 3.09. The Morgan fingerprint density at radius 3 is 2.82 bits per heavy atom. The quantitative estimate of drug-likeness (QED) is 0.816. The smallest absolute Gasteiger partial charge is 0.227 e. The second-order valence-electron chi connectivity index (χ2n) is 5.74. The van der Waals surface area contributed by atoms with E-state index in [1.54, 1.807) is 12.3 Å². The number of amides is 1. The summed E-state index contributed by atoms with van der Waals surface area (Å²) in [7, 11) is 0. The summed E-state index contributed by atoms with van der Waals surface area (Å²) in [4.78, 5) is 20.9. The molecule has 2 fully saturated rings. The zero-order valence-corrected chi connectivity index (χ0v) is 12.6. The van der Waals surface area contributed by atoms with Crippen molar-refractivity contribution in [3.63, 3.8) is 0 Å². The van der Waals surface area contributed by atoms with Crippen LogP contribution in [0.1, 0.15) is 18.5 Å². The second kappa shape index (κ2) is 6.75. The predicted octanol–water partition coefficient (Wildman–Crippen LogP) is 1.03. The molecule has 1 amide bonds. The maximum absolute atomic E-state index is 12.6. The molecule has 1 aromatic heterocycles. The SMILES string of the molecule is N#Cc1ccc(N2CCCC(C(=O)N3CCOCC3)C2)cn1. The zero-order valence-electron chi connectivity index (χ0n) is 12.6. The summed E-state index contributed by atoms with van der Waals surface area (Å²) < 4.78 is 5.31. The van der Waals surface area contributed by atoms with Gasteiger partial charge in [-0.25, -0.2) is 4.98 Å². The first kappa shape index (κ1) is 14.8. The Hall–Kier alpha value is -2.13. The van der Waals surface area contributed by atoms with Crippen LogP contribution in [0.2, 0.25) is 0 Å². The van der Waals surface area contributed by atoms with E-state index in [9.17, 15) is 4.79 Å². The number of nitrogens with zero attached hydrogens (tertiary/aromatic N) is 4. The number of carbonyl (C=O) groups is 1. The van der Waals surface area contributed by atoms with Gasteiger partial charge in [-0.2, -0.15) is 5.26 Å². The lowest BCUT2D eigenvalue weighted by molar-refractivity contribution is -0.139. The molecule has 116 valence electrons. The van der Waals surface area contributed by atoms with E-state index in [-0.39, 0.29) is 11.8 Å². The van der Waals surface area contributed by atoms with Gasteiger partial charge in [0.15, 0.2) is 0 Å². The number of anilines is 1. The molecule has 0 N–H and O–H groups in total. The van der Waals surface area contributed by atoms with Gasteiger partial charge in [0.1, 0.15) is 11.8 Å². The zero-order chi connectivity index (χ0) is 15.4. The van der Waals surface area contributed by atoms with Crippen LogP contribution in [-0.2, 0) is 9.53 Å². The molecular weight excluding hydrogens is 280 g/mol. The van der Waals surface area contributed by atoms with Crippen LogP contribution in [0.15, 0.2) is 18.3 Å². The summed E-state index contributed by atoms with van der Waals surface area (Å²) in [6.45, 7) is 4.34. The molecule has 3 rings (SSSR count). The van der Waals surface area contributed by atoms with Crippen molar-refractivity contribution in [2.24, 2.45) is 5.92 Å². The van der Waals surface area contributed by atoms with E-state index < -0.39 is 0 Å². The van der Waals surface area contributed by atoms with Crippen LogP contribution in [0.3, 0.4) is 0 Å². The van der Waals surface area contributed by atoms with Crippen LogP contribution in [0.5, 0.6) is 0 Å². The third-order valence-electron chi connectivity index (χ3n) is 4.32. The molecule has 2 aliphatic rings. The molecule has 0 aromatic carbocycles. The van der Waals surface area contributed by atoms with Gasteiger partial charge in [0, 0.05) is 26.2 Å². The van der Waals surface area contributed by atoms with E-state index in [0.717, 1.165) is 31.6 Å². The first-order valence-corrected chi connectivity index (χ1v) is 7.75. The standard InChI is InChI=1S/C16H20N4O2/c17-10-14-3-4-15(11-18-14)20-5-1-2-13(12-20)16(21)19-6-8-22-9-7-19/h3-4,11,13H,1-2,5-9,12H2. The lowest BCUT2D eigenvalue weighted by Crippen LogP contribution is -2.48. The Bertz CT molecular complexity index is 561. The molecule has 1 aromatic rings. The molecular formula is C16H20N4O2. The van der Waals surface area contributed by atoms with Gasteiger partial charge in [0.05, 0.1) is 31.0 Å². The number of pyridine rings is 1. The maximum atomic E-state index is 12.6. The van der Waals surface area contributed by atoms with Crippen molar-refractivity contribution >= 4 is 11.6 Å². The Balaban J connectivity index is 1.65. The number of nitriles is 1. The Morgan fingerprint density at radius 2 is 2.14 bits per heavy atom. The number of aromatic nitrogens is 1. The number of carbonyl (C=O) groups excluding carboxylic acids is 1. The van der Waals surface area contributed by atoms with Crippen LogP contribution in [0.4, 0.5) is 5.69 Å². The molecule has 2 aliphatic heterocycles.